The number of rotatable bonds is 10. The summed E-state index contributed by atoms with van der Waals surface area (Å²) in [7, 11) is -12.7. The van der Waals surface area contributed by atoms with E-state index in [-0.39, 0.29) is 24.4 Å². The molecule has 1 aromatic heterocycles. The number of sulfonamides is 1. The van der Waals surface area contributed by atoms with E-state index >= 15 is 0 Å². The second-order valence-corrected chi connectivity index (χ2v) is 12.5. The lowest BCUT2D eigenvalue weighted by molar-refractivity contribution is 0.477. The normalized spacial score (nSPS) is 15.1. The molecule has 13 nitrogen and oxygen atoms in total. The molecule has 0 saturated carbocycles. The van der Waals surface area contributed by atoms with Gasteiger partial charge in [0.25, 0.3) is 20.2 Å². The lowest BCUT2D eigenvalue weighted by atomic mass is 10.1. The van der Waals surface area contributed by atoms with Gasteiger partial charge in [0.05, 0.1) is 16.0 Å². The third-order valence-corrected chi connectivity index (χ3v) is 7.54. The summed E-state index contributed by atoms with van der Waals surface area (Å²) in [5.74, 6) is 0.842. The molecule has 2 aromatic rings. The summed E-state index contributed by atoms with van der Waals surface area (Å²) in [6.45, 7) is 1.60. The van der Waals surface area contributed by atoms with Crippen molar-refractivity contribution in [3.05, 3.63) is 35.4 Å². The van der Waals surface area contributed by atoms with Crippen LogP contribution >= 0.6 is 0 Å². The van der Waals surface area contributed by atoms with Crippen molar-refractivity contribution in [2.45, 2.75) is 41.9 Å². The molecule has 0 radical (unpaired) electrons. The molecule has 1 aromatic carbocycles. The molecular formula is C18H25N5O8S3. The van der Waals surface area contributed by atoms with E-state index in [0.29, 0.717) is 37.7 Å². The second kappa shape index (κ2) is 10.2. The molecular weight excluding hydrogens is 510 g/mol. The van der Waals surface area contributed by atoms with Gasteiger partial charge < -0.3 is 4.90 Å². The lowest BCUT2D eigenvalue weighted by Gasteiger charge is -2.17. The summed E-state index contributed by atoms with van der Waals surface area (Å²) < 4.78 is 90.5. The first-order valence-corrected chi connectivity index (χ1v) is 15.0. The number of hydrogen-bond acceptors (Lipinski definition) is 10. The average molecular weight is 536 g/mol. The molecule has 0 unspecified atom stereocenters. The highest BCUT2D eigenvalue weighted by atomic mass is 32.2. The maximum atomic E-state index is 11.8. The molecule has 1 saturated heterocycles. The first kappa shape index (κ1) is 26.4. The van der Waals surface area contributed by atoms with Crippen molar-refractivity contribution >= 4 is 36.2 Å². The highest BCUT2D eigenvalue weighted by Crippen LogP contribution is 2.23. The van der Waals surface area contributed by atoms with Crippen LogP contribution in [0.5, 0.6) is 0 Å². The number of nitrogens with one attached hydrogen (secondary N) is 1. The van der Waals surface area contributed by atoms with Crippen LogP contribution in [0.25, 0.3) is 0 Å². The smallest absolute Gasteiger partial charge is 0.294 e. The van der Waals surface area contributed by atoms with Crippen molar-refractivity contribution in [3.63, 3.8) is 0 Å². The first-order valence-electron chi connectivity index (χ1n) is 10.2. The minimum Gasteiger partial charge on any atom is -0.341 e. The molecule has 1 fully saturated rings. The minimum absolute atomic E-state index is 0.124. The molecule has 0 atom stereocenters. The van der Waals surface area contributed by atoms with Gasteiger partial charge >= 0.3 is 0 Å². The van der Waals surface area contributed by atoms with Crippen molar-refractivity contribution in [2.24, 2.45) is 0 Å². The maximum absolute atomic E-state index is 11.8. The molecule has 16 heteroatoms. The summed E-state index contributed by atoms with van der Waals surface area (Å²) in [5, 5.41) is 0. The van der Waals surface area contributed by atoms with Gasteiger partial charge in [0.2, 0.25) is 16.0 Å². The second-order valence-electron chi connectivity index (χ2n) is 7.83. The van der Waals surface area contributed by atoms with Crippen molar-refractivity contribution in [1.82, 2.24) is 19.7 Å². The maximum Gasteiger partial charge on any atom is 0.294 e. The van der Waals surface area contributed by atoms with Gasteiger partial charge in [-0.1, -0.05) is 0 Å². The molecule has 3 rings (SSSR count). The van der Waals surface area contributed by atoms with Crippen molar-refractivity contribution in [1.29, 1.82) is 0 Å². The Morgan fingerprint density at radius 2 is 1.59 bits per heavy atom. The van der Waals surface area contributed by atoms with E-state index < -0.39 is 40.1 Å². The largest absolute Gasteiger partial charge is 0.341 e. The van der Waals surface area contributed by atoms with Crippen LogP contribution in [0.1, 0.15) is 36.5 Å². The van der Waals surface area contributed by atoms with Gasteiger partial charge in [-0.2, -0.15) is 26.8 Å². The van der Waals surface area contributed by atoms with Gasteiger partial charge in [-0.05, 0) is 43.0 Å². The molecule has 188 valence electrons. The number of anilines is 1. The van der Waals surface area contributed by atoms with E-state index in [4.69, 9.17) is 0 Å². The van der Waals surface area contributed by atoms with Crippen LogP contribution in [0.3, 0.4) is 0 Å². The molecule has 1 aliphatic rings. The van der Waals surface area contributed by atoms with Crippen LogP contribution in [0.15, 0.2) is 28.0 Å². The molecule has 2 heterocycles. The topological polar surface area (TPSA) is 197 Å². The summed E-state index contributed by atoms with van der Waals surface area (Å²) in [5.41, 5.74) is -0.124. The number of hydrogen-bond donors (Lipinski definition) is 3. The Labute approximate surface area is 198 Å². The van der Waals surface area contributed by atoms with Crippen molar-refractivity contribution in [2.75, 3.05) is 30.8 Å². The van der Waals surface area contributed by atoms with E-state index in [1.807, 2.05) is 4.90 Å². The van der Waals surface area contributed by atoms with Crippen LogP contribution in [-0.4, -0.2) is 75.2 Å². The van der Waals surface area contributed by atoms with Gasteiger partial charge in [0, 0.05) is 32.5 Å². The van der Waals surface area contributed by atoms with E-state index in [1.54, 1.807) is 0 Å². The molecule has 34 heavy (non-hydrogen) atoms. The van der Waals surface area contributed by atoms with Crippen molar-refractivity contribution < 1.29 is 34.4 Å². The highest BCUT2D eigenvalue weighted by Gasteiger charge is 2.22. The average Bonchev–Trinajstić information content (AvgIpc) is 3.24. The Balaban J connectivity index is 1.97. The minimum atomic E-state index is -4.71. The summed E-state index contributed by atoms with van der Waals surface area (Å²) >= 11 is 0. The van der Waals surface area contributed by atoms with Crippen LogP contribution in [0.2, 0.25) is 0 Å². The fourth-order valence-corrected chi connectivity index (χ4v) is 5.23. The fraction of sp³-hybridized carbons (Fsp3) is 0.500. The monoisotopic (exact) mass is 535 g/mol. The number of aromatic nitrogens is 3. The number of nitrogens with zero attached hydrogens (tertiary/aromatic N) is 4. The highest BCUT2D eigenvalue weighted by molar-refractivity contribution is 7.88. The lowest BCUT2D eigenvalue weighted by Crippen LogP contribution is -2.24. The number of benzene rings is 1. The van der Waals surface area contributed by atoms with Gasteiger partial charge in [0.1, 0.15) is 11.6 Å². The van der Waals surface area contributed by atoms with E-state index in [2.05, 4.69) is 19.7 Å². The van der Waals surface area contributed by atoms with Crippen LogP contribution in [-0.2, 0) is 43.1 Å². The molecule has 0 amide bonds. The summed E-state index contributed by atoms with van der Waals surface area (Å²) in [4.78, 5) is 14.0. The number of aryl methyl sites for hydroxylation is 1. The molecule has 0 aliphatic carbocycles. The van der Waals surface area contributed by atoms with Crippen LogP contribution in [0.4, 0.5) is 5.95 Å². The fourth-order valence-electron chi connectivity index (χ4n) is 3.48. The standard InChI is InChI=1S/C18H25N5O8S3/c1-32(24,25)19-8-4-5-16-20-17(22-18(21-16)23-9-2-3-10-23)12-13-11-14(33(26,27)28)6-7-15(13)34(29,30)31/h6-7,11,19H,2-5,8-10,12H2,1H3,(H,26,27,28)(H,29,30,31). The summed E-state index contributed by atoms with van der Waals surface area (Å²) in [6, 6.07) is 2.69. The molecule has 1 aliphatic heterocycles. The van der Waals surface area contributed by atoms with Crippen LogP contribution < -0.4 is 9.62 Å². The van der Waals surface area contributed by atoms with Crippen LogP contribution in [0, 0.1) is 0 Å². The molecule has 0 bridgehead atoms. The van der Waals surface area contributed by atoms with Gasteiger partial charge in [-0.3, -0.25) is 9.11 Å². The van der Waals surface area contributed by atoms with Gasteiger partial charge in [-0.25, -0.2) is 18.1 Å². The Kier molecular flexibility index (Phi) is 7.89. The van der Waals surface area contributed by atoms with E-state index in [0.717, 1.165) is 37.3 Å². The first-order chi connectivity index (χ1) is 15.7. The Bertz CT molecular complexity index is 1370. The van der Waals surface area contributed by atoms with Crippen molar-refractivity contribution in [3.8, 4) is 0 Å². The zero-order valence-electron chi connectivity index (χ0n) is 18.2. The predicted molar refractivity (Wildman–Crippen MR) is 121 cm³/mol. The quantitative estimate of drug-likeness (QED) is 0.273. The molecule has 0 spiro atoms. The van der Waals surface area contributed by atoms with Gasteiger partial charge in [-0.15, -0.1) is 0 Å². The Hall–Kier alpha value is -2.24. The van der Waals surface area contributed by atoms with E-state index in [1.165, 1.54) is 0 Å². The van der Waals surface area contributed by atoms with Gasteiger partial charge in [0.15, 0.2) is 0 Å². The zero-order chi connectivity index (χ0) is 25.1. The van der Waals surface area contributed by atoms with E-state index in [9.17, 15) is 34.4 Å². The third kappa shape index (κ3) is 7.38. The Morgan fingerprint density at radius 3 is 2.18 bits per heavy atom. The molecule has 3 N–H and O–H groups in total. The zero-order valence-corrected chi connectivity index (χ0v) is 20.7. The third-order valence-electron chi connectivity index (χ3n) is 5.00. The predicted octanol–water partition coefficient (Wildman–Crippen LogP) is 0.0378. The SMILES string of the molecule is CS(=O)(=O)NCCCc1nc(Cc2cc(S(=O)(=O)O)ccc2S(=O)(=O)O)nc(N2CCCC2)n1. The summed E-state index contributed by atoms with van der Waals surface area (Å²) in [6.07, 6.45) is 3.36. The Morgan fingerprint density at radius 1 is 0.941 bits per heavy atom.